The minimum atomic E-state index is -1.42. The van der Waals surface area contributed by atoms with Crippen molar-refractivity contribution >= 4 is 0 Å². The van der Waals surface area contributed by atoms with Crippen LogP contribution in [-0.2, 0) is 6.42 Å². The summed E-state index contributed by atoms with van der Waals surface area (Å²) < 4.78 is 39.0. The molecule has 0 aliphatic carbocycles. The van der Waals surface area contributed by atoms with E-state index in [2.05, 4.69) is 4.98 Å². The van der Waals surface area contributed by atoms with E-state index in [1.54, 1.807) is 12.1 Å². The van der Waals surface area contributed by atoms with Crippen molar-refractivity contribution in [1.82, 2.24) is 4.98 Å². The Kier molecular flexibility index (Phi) is 3.13. The van der Waals surface area contributed by atoms with Gasteiger partial charge < -0.3 is 0 Å². The van der Waals surface area contributed by atoms with Crippen LogP contribution >= 0.6 is 0 Å². The van der Waals surface area contributed by atoms with Crippen LogP contribution in [0, 0.1) is 17.7 Å². The molecule has 0 unspecified atom stereocenters. The molecule has 0 saturated heterocycles. The van der Waals surface area contributed by atoms with E-state index in [9.17, 15) is 13.2 Å². The van der Waals surface area contributed by atoms with Gasteiger partial charge in [-0.15, -0.1) is 0 Å². The van der Waals surface area contributed by atoms with Gasteiger partial charge in [0.1, 0.15) is 0 Å². The number of aryl methyl sites for hydroxylation is 1. The predicted molar refractivity (Wildman–Crippen MR) is 58.9 cm³/mol. The number of hydrogen-bond donors (Lipinski definition) is 0. The van der Waals surface area contributed by atoms with E-state index in [1.165, 1.54) is 0 Å². The molecule has 2 aromatic rings. The highest BCUT2D eigenvalue weighted by atomic mass is 19.2. The summed E-state index contributed by atoms with van der Waals surface area (Å²) in [5.74, 6) is -3.58. The van der Waals surface area contributed by atoms with Crippen molar-refractivity contribution in [3.63, 3.8) is 0 Å². The van der Waals surface area contributed by atoms with Crippen LogP contribution in [-0.4, -0.2) is 4.98 Å². The molecule has 88 valence electrons. The van der Waals surface area contributed by atoms with Crippen LogP contribution in [0.2, 0.25) is 0 Å². The molecule has 1 heterocycles. The Morgan fingerprint density at radius 2 is 1.65 bits per heavy atom. The molecule has 2 rings (SSSR count). The van der Waals surface area contributed by atoms with Crippen molar-refractivity contribution in [2.75, 3.05) is 0 Å². The largest absolute Gasteiger partial charge is 0.251 e. The molecule has 1 aromatic carbocycles. The van der Waals surface area contributed by atoms with Crippen molar-refractivity contribution in [3.8, 4) is 11.1 Å². The second kappa shape index (κ2) is 4.57. The lowest BCUT2D eigenvalue weighted by Gasteiger charge is -2.04. The molecule has 0 bridgehead atoms. The molecule has 0 saturated carbocycles. The quantitative estimate of drug-likeness (QED) is 0.725. The Morgan fingerprint density at radius 1 is 1.00 bits per heavy atom. The maximum atomic E-state index is 13.4. The van der Waals surface area contributed by atoms with Crippen molar-refractivity contribution in [2.24, 2.45) is 0 Å². The van der Waals surface area contributed by atoms with E-state index in [-0.39, 0.29) is 5.56 Å². The fraction of sp³-hybridized carbons (Fsp3) is 0.154. The van der Waals surface area contributed by atoms with E-state index in [1.807, 2.05) is 19.1 Å². The molecule has 0 amide bonds. The summed E-state index contributed by atoms with van der Waals surface area (Å²) in [5.41, 5.74) is 1.53. The van der Waals surface area contributed by atoms with Gasteiger partial charge in [-0.2, -0.15) is 13.8 Å². The second-order valence-corrected chi connectivity index (χ2v) is 3.65. The first-order valence-corrected chi connectivity index (χ1v) is 5.22. The molecule has 0 N–H and O–H groups in total. The number of pyridine rings is 1. The van der Waals surface area contributed by atoms with E-state index >= 15 is 0 Å². The monoisotopic (exact) mass is 237 g/mol. The summed E-state index contributed by atoms with van der Waals surface area (Å²) in [5, 5.41) is 0. The zero-order valence-electron chi connectivity index (χ0n) is 9.17. The highest BCUT2D eigenvalue weighted by molar-refractivity contribution is 5.63. The average molecular weight is 237 g/mol. The van der Waals surface area contributed by atoms with Crippen LogP contribution in [0.3, 0.4) is 0 Å². The van der Waals surface area contributed by atoms with E-state index < -0.39 is 17.7 Å². The summed E-state index contributed by atoms with van der Waals surface area (Å²) in [4.78, 5) is 2.88. The Hall–Kier alpha value is -1.84. The van der Waals surface area contributed by atoms with Gasteiger partial charge >= 0.3 is 0 Å². The van der Waals surface area contributed by atoms with Gasteiger partial charge in [0.25, 0.3) is 5.95 Å². The smallest absolute Gasteiger partial charge is 0.202 e. The van der Waals surface area contributed by atoms with Gasteiger partial charge in [-0.3, -0.25) is 0 Å². The van der Waals surface area contributed by atoms with E-state index in [0.29, 0.717) is 5.56 Å². The van der Waals surface area contributed by atoms with Crippen molar-refractivity contribution < 1.29 is 13.2 Å². The summed E-state index contributed by atoms with van der Waals surface area (Å²) in [7, 11) is 0. The molecule has 0 atom stereocenters. The number of hydrogen-bond acceptors (Lipinski definition) is 1. The maximum Gasteiger partial charge on any atom is 0.251 e. The lowest BCUT2D eigenvalue weighted by atomic mass is 10.0. The first-order valence-electron chi connectivity index (χ1n) is 5.22. The standard InChI is InChI=1S/C13H10F3N/c1-2-8-3-5-9(6-4-8)10-7-11(14)13(16)17-12(10)15/h3-7H,2H2,1H3. The lowest BCUT2D eigenvalue weighted by Crippen LogP contribution is -1.97. The van der Waals surface area contributed by atoms with Crippen LogP contribution in [0.15, 0.2) is 30.3 Å². The van der Waals surface area contributed by atoms with Gasteiger partial charge in [0, 0.05) is 5.56 Å². The maximum absolute atomic E-state index is 13.4. The molecular weight excluding hydrogens is 227 g/mol. The fourth-order valence-corrected chi connectivity index (χ4v) is 1.57. The number of rotatable bonds is 2. The van der Waals surface area contributed by atoms with Gasteiger partial charge in [0.2, 0.25) is 5.95 Å². The molecule has 0 spiro atoms. The second-order valence-electron chi connectivity index (χ2n) is 3.65. The van der Waals surface area contributed by atoms with Gasteiger partial charge in [-0.25, -0.2) is 4.39 Å². The molecule has 4 heteroatoms. The third-order valence-electron chi connectivity index (χ3n) is 2.56. The first-order chi connectivity index (χ1) is 8.11. The van der Waals surface area contributed by atoms with Crippen molar-refractivity contribution in [1.29, 1.82) is 0 Å². The zero-order valence-corrected chi connectivity index (χ0v) is 9.17. The van der Waals surface area contributed by atoms with Crippen LogP contribution in [0.25, 0.3) is 11.1 Å². The van der Waals surface area contributed by atoms with Gasteiger partial charge in [-0.05, 0) is 23.6 Å². The Bertz CT molecular complexity index is 535. The molecule has 0 fully saturated rings. The van der Waals surface area contributed by atoms with Gasteiger partial charge in [0.15, 0.2) is 5.82 Å². The molecule has 1 nitrogen and oxygen atoms in total. The Morgan fingerprint density at radius 3 is 2.24 bits per heavy atom. The number of benzene rings is 1. The number of aromatic nitrogens is 1. The summed E-state index contributed by atoms with van der Waals surface area (Å²) in [6.45, 7) is 1.99. The first kappa shape index (κ1) is 11.6. The molecule has 1 aromatic heterocycles. The topological polar surface area (TPSA) is 12.9 Å². The summed E-state index contributed by atoms with van der Waals surface area (Å²) in [6, 6.07) is 7.78. The van der Waals surface area contributed by atoms with Crippen molar-refractivity contribution in [3.05, 3.63) is 53.6 Å². The number of nitrogens with zero attached hydrogens (tertiary/aromatic N) is 1. The SMILES string of the molecule is CCc1ccc(-c2cc(F)c(F)nc2F)cc1. The predicted octanol–water partition coefficient (Wildman–Crippen LogP) is 3.73. The zero-order chi connectivity index (χ0) is 12.4. The van der Waals surface area contributed by atoms with E-state index in [0.717, 1.165) is 18.1 Å². The normalized spacial score (nSPS) is 10.6. The Balaban J connectivity index is 2.48. The minimum Gasteiger partial charge on any atom is -0.202 e. The molecule has 0 radical (unpaired) electrons. The summed E-state index contributed by atoms with van der Waals surface area (Å²) >= 11 is 0. The molecule has 0 aliphatic heterocycles. The fourth-order valence-electron chi connectivity index (χ4n) is 1.57. The third kappa shape index (κ3) is 2.30. The highest BCUT2D eigenvalue weighted by Crippen LogP contribution is 2.23. The van der Waals surface area contributed by atoms with Crippen LogP contribution < -0.4 is 0 Å². The van der Waals surface area contributed by atoms with Crippen LogP contribution in [0.4, 0.5) is 13.2 Å². The summed E-state index contributed by atoms with van der Waals surface area (Å²) in [6.07, 6.45) is 0.860. The lowest BCUT2D eigenvalue weighted by molar-refractivity contribution is 0.449. The van der Waals surface area contributed by atoms with E-state index in [4.69, 9.17) is 0 Å². The van der Waals surface area contributed by atoms with Gasteiger partial charge in [0.05, 0.1) is 0 Å². The van der Waals surface area contributed by atoms with Crippen LogP contribution in [0.1, 0.15) is 12.5 Å². The molecule has 0 aliphatic rings. The van der Waals surface area contributed by atoms with Crippen molar-refractivity contribution in [2.45, 2.75) is 13.3 Å². The third-order valence-corrected chi connectivity index (χ3v) is 2.56. The minimum absolute atomic E-state index is 0.0356. The van der Waals surface area contributed by atoms with Gasteiger partial charge in [-0.1, -0.05) is 31.2 Å². The number of halogens is 3. The van der Waals surface area contributed by atoms with Crippen LogP contribution in [0.5, 0.6) is 0 Å². The molecule has 17 heavy (non-hydrogen) atoms. The highest BCUT2D eigenvalue weighted by Gasteiger charge is 2.12. The molecular formula is C13H10F3N. The Labute approximate surface area is 96.9 Å². The average Bonchev–Trinajstić information content (AvgIpc) is 2.34.